The van der Waals surface area contributed by atoms with Crippen molar-refractivity contribution in [1.82, 2.24) is 42.5 Å². The summed E-state index contributed by atoms with van der Waals surface area (Å²) in [5.74, 6) is -16.6. The minimum absolute atomic E-state index is 0.127. The number of halogens is 2. The minimum Gasteiger partial charge on any atom is -0.508 e. The SMILES string of the molecule is CN[C@H](CC(C)C)C(=O)NC1C(=O)N[C@H](CC(N)=O)C(=O)N[C@H]2C(=O)N[C@H]3C(=O)N[C@H](C(=O)N[C@@H](C(=O)O)c4cc(O)cc(O)c4-c4cc3ccc4O)[C@H](O[C@H]3C[C@](C)(N)[C@@H](O)[C@H](C)O3)c3ccc(c(Cl)c3)Oc3cc2cc(c3O[C@@H]2O[C@H](CO)[C@@H](O[C@@H]3O[C@H](CNC4CCC[C@H]4OCc4ccccc4)[C@H](O)[C@H](O)[C@H]3O)[C@H](O)[C@H]2O)Oc2ccc(cc2Cl)[C@H]1O. The molecule has 3 saturated heterocycles. The Morgan fingerprint density at radius 2 is 1.30 bits per heavy atom. The second kappa shape index (κ2) is 38.9. The maximum absolute atomic E-state index is 16.4. The molecule has 1 saturated carbocycles. The number of primary amides is 1. The van der Waals surface area contributed by atoms with E-state index in [1.165, 1.54) is 33.0 Å². The zero-order valence-corrected chi connectivity index (χ0v) is 69.4. The van der Waals surface area contributed by atoms with Gasteiger partial charge in [-0.05, 0) is 135 Å². The van der Waals surface area contributed by atoms with Crippen LogP contribution in [0.25, 0.3) is 11.1 Å². The van der Waals surface area contributed by atoms with Gasteiger partial charge in [0.15, 0.2) is 30.1 Å². The molecule has 6 aromatic carbocycles. The molecule has 39 nitrogen and oxygen atoms in total. The Balaban J connectivity index is 0.968. The van der Waals surface area contributed by atoms with Gasteiger partial charge in [-0.25, -0.2) is 4.79 Å². The van der Waals surface area contributed by atoms with Crippen LogP contribution < -0.4 is 68.2 Å². The van der Waals surface area contributed by atoms with Crippen molar-refractivity contribution in [3.8, 4) is 57.1 Å². The third-order valence-electron chi connectivity index (χ3n) is 23.0. The number of phenolic OH excluding ortho intramolecular Hbond substituents is 3. The van der Waals surface area contributed by atoms with Crippen LogP contribution in [0.1, 0.15) is 130 Å². The fourth-order valence-electron chi connectivity index (χ4n) is 16.4. The second-order valence-corrected chi connectivity index (χ2v) is 33.4. The number of phenols is 3. The Labute approximate surface area is 724 Å². The molecule has 24 N–H and O–H groups in total. The largest absolute Gasteiger partial charge is 0.508 e. The zero-order chi connectivity index (χ0) is 90.1. The number of carbonyl (C=O) groups excluding carboxylic acids is 7. The summed E-state index contributed by atoms with van der Waals surface area (Å²) >= 11 is 14.5. The number of amides is 7. The molecule has 0 radical (unpaired) electrons. The summed E-state index contributed by atoms with van der Waals surface area (Å²) in [6.07, 6.45) is -27.1. The lowest BCUT2D eigenvalue weighted by Crippen LogP contribution is -2.65. The van der Waals surface area contributed by atoms with Gasteiger partial charge < -0.3 is 158 Å². The molecule has 11 bridgehead atoms. The molecule has 8 aliphatic heterocycles. The van der Waals surface area contributed by atoms with Gasteiger partial charge in [0, 0.05) is 47.3 Å². The second-order valence-electron chi connectivity index (χ2n) is 32.6. The Hall–Kier alpha value is -10.2. The molecule has 2 unspecified atom stereocenters. The quantitative estimate of drug-likeness (QED) is 0.0471. The van der Waals surface area contributed by atoms with Crippen molar-refractivity contribution in [3.05, 3.63) is 153 Å². The van der Waals surface area contributed by atoms with Gasteiger partial charge in [0.25, 0.3) is 0 Å². The number of hydrogen-bond acceptors (Lipinski definition) is 31. The molecule has 9 aliphatic rings. The van der Waals surface area contributed by atoms with Crippen molar-refractivity contribution in [3.63, 3.8) is 0 Å². The van der Waals surface area contributed by atoms with Crippen molar-refractivity contribution >= 4 is 70.5 Å². The number of aliphatic hydroxyl groups excluding tert-OH is 8. The van der Waals surface area contributed by atoms with E-state index in [0.717, 1.165) is 78.7 Å². The average Bonchev–Trinajstić information content (AvgIpc) is 0.857. The van der Waals surface area contributed by atoms with Gasteiger partial charge >= 0.3 is 5.97 Å². The molecule has 125 heavy (non-hydrogen) atoms. The first-order valence-electron chi connectivity index (χ1n) is 40.4. The maximum atomic E-state index is 16.4. The number of carbonyl (C=O) groups is 8. The molecular weight excluding hydrogens is 1680 g/mol. The lowest BCUT2D eigenvalue weighted by Gasteiger charge is -2.46. The number of aliphatic hydroxyl groups is 8. The molecular formula is C84H100Cl2N10O29. The number of aromatic hydroxyl groups is 3. The molecule has 25 atom stereocenters. The normalized spacial score (nSPS) is 31.6. The number of carboxylic acids is 1. The third-order valence-corrected chi connectivity index (χ3v) is 23.6. The summed E-state index contributed by atoms with van der Waals surface area (Å²) < 4.78 is 57.7. The van der Waals surface area contributed by atoms with E-state index < -0.39 is 279 Å². The van der Waals surface area contributed by atoms with Crippen LogP contribution in [0.15, 0.2) is 109 Å². The van der Waals surface area contributed by atoms with E-state index in [-0.39, 0.29) is 54.1 Å². The highest BCUT2D eigenvalue weighted by Crippen LogP contribution is 2.50. The van der Waals surface area contributed by atoms with E-state index in [9.17, 15) is 75.7 Å². The molecule has 674 valence electrons. The number of hydrogen-bond donors (Lipinski definition) is 22. The number of benzene rings is 6. The highest BCUT2D eigenvalue weighted by molar-refractivity contribution is 6.32. The molecule has 1 aliphatic carbocycles. The van der Waals surface area contributed by atoms with Crippen molar-refractivity contribution < 1.29 is 142 Å². The fourth-order valence-corrected chi connectivity index (χ4v) is 16.9. The maximum Gasteiger partial charge on any atom is 0.330 e. The van der Waals surface area contributed by atoms with E-state index in [0.29, 0.717) is 19.4 Å². The van der Waals surface area contributed by atoms with Crippen LogP contribution in [0.2, 0.25) is 10.0 Å². The Morgan fingerprint density at radius 1 is 0.664 bits per heavy atom. The molecule has 15 rings (SSSR count). The number of ether oxygens (including phenoxy) is 9. The summed E-state index contributed by atoms with van der Waals surface area (Å²) in [6, 6.07) is 8.31. The molecule has 4 fully saturated rings. The number of rotatable bonds is 21. The van der Waals surface area contributed by atoms with Crippen LogP contribution in [0, 0.1) is 5.92 Å². The van der Waals surface area contributed by atoms with Crippen molar-refractivity contribution in [2.75, 3.05) is 20.2 Å². The Kier molecular flexibility index (Phi) is 28.8. The highest BCUT2D eigenvalue weighted by atomic mass is 35.5. The van der Waals surface area contributed by atoms with Gasteiger partial charge in [-0.15, -0.1) is 0 Å². The van der Waals surface area contributed by atoms with Crippen LogP contribution in [-0.2, 0) is 73.4 Å². The van der Waals surface area contributed by atoms with Gasteiger partial charge in [-0.3, -0.25) is 33.6 Å². The number of aliphatic carboxylic acids is 1. The molecule has 0 aromatic heterocycles. The third kappa shape index (κ3) is 20.4. The van der Waals surface area contributed by atoms with Crippen molar-refractivity contribution in [2.45, 2.75) is 225 Å². The molecule has 7 amide bonds. The Morgan fingerprint density at radius 3 is 1.95 bits per heavy atom. The van der Waals surface area contributed by atoms with Crippen LogP contribution in [0.5, 0.6) is 46.0 Å². The summed E-state index contributed by atoms with van der Waals surface area (Å²) in [5, 5.41) is 160. The Bertz CT molecular complexity index is 5000. The van der Waals surface area contributed by atoms with Crippen molar-refractivity contribution in [2.24, 2.45) is 17.4 Å². The topological polar surface area (TPSA) is 611 Å². The molecule has 8 heterocycles. The lowest BCUT2D eigenvalue weighted by atomic mass is 9.86. The van der Waals surface area contributed by atoms with Gasteiger partial charge in [-0.1, -0.05) is 85.6 Å². The average molecular weight is 1780 g/mol. The zero-order valence-electron chi connectivity index (χ0n) is 67.9. The van der Waals surface area contributed by atoms with Crippen molar-refractivity contribution in [1.29, 1.82) is 0 Å². The number of nitrogens with one attached hydrogen (secondary N) is 8. The van der Waals surface area contributed by atoms with E-state index in [4.69, 9.17) is 77.3 Å². The van der Waals surface area contributed by atoms with Gasteiger partial charge in [0.2, 0.25) is 53.4 Å². The van der Waals surface area contributed by atoms with Crippen LogP contribution in [0.3, 0.4) is 0 Å². The smallest absolute Gasteiger partial charge is 0.330 e. The fraction of sp³-hybridized carbons (Fsp3) is 0.476. The van der Waals surface area contributed by atoms with Crippen LogP contribution >= 0.6 is 23.2 Å². The lowest BCUT2D eigenvalue weighted by molar-refractivity contribution is -0.350. The standard InChI is InChI=1S/C84H100Cl2N10O29/c1-33(2)20-46(89-5)75(109)95-63-65(102)37-15-18-50(43(85)22-37)119-53-24-39-25-54(72(53)124-83-70(107)68(105)73(56(31-97)122-83)125-82-69(106)67(104)66(103)55(121-82)30-90-45-12-9-13-52(45)117-32-35-10-7-6-8-11-35)120-51-19-16-38(23-44(51)86)71(123-58-29-84(4,88)74(108)34(3)118-58)64-80(114)94-62(81(115)116)42-26-40(98)27-49(100)59(42)41-21-36(14-17-48(41)99)60(77(111)96-64)93-78(112)61(39)92-76(110)47(28-57(87)101)91-79(63)113/h6-8,10-11,14-19,21-27,33-34,45-47,52,55-56,58,60-71,73-74,82-83,89-90,97-100,102-108H,9,12-13,20,28-32,88H2,1-5H3,(H2,87,101)(H,91,113)(H,92,110)(H,93,112)(H,94,114)(H,95,109)(H,96,111)(H,115,116)/t34-,45?,46+,47+,52+,55+,56+,58-,60+,61+,62+,63?,64-,65+,66-,67-,68+,69+,70+,71+,73+,74-,82-,83-,84-/m0/s1. The van der Waals surface area contributed by atoms with E-state index >= 15 is 24.0 Å². The predicted molar refractivity (Wildman–Crippen MR) is 436 cm³/mol. The first-order valence-corrected chi connectivity index (χ1v) is 41.2. The summed E-state index contributed by atoms with van der Waals surface area (Å²) in [5.41, 5.74) is 8.97. The molecule has 41 heteroatoms. The molecule has 6 aromatic rings. The highest BCUT2D eigenvalue weighted by Gasteiger charge is 2.54. The van der Waals surface area contributed by atoms with E-state index in [2.05, 4.69) is 42.5 Å². The minimum atomic E-state index is -2.42. The van der Waals surface area contributed by atoms with Crippen LogP contribution in [0.4, 0.5) is 0 Å². The number of fused-ring (bicyclic) bond motifs is 15. The number of carboxylic acid groups (broad SMARTS) is 1. The monoisotopic (exact) mass is 1780 g/mol. The predicted octanol–water partition coefficient (Wildman–Crippen LogP) is 0.666. The van der Waals surface area contributed by atoms with Crippen LogP contribution in [-0.4, -0.2) is 251 Å². The summed E-state index contributed by atoms with van der Waals surface area (Å²) in [6.45, 7) is 5.62. The first-order chi connectivity index (χ1) is 59.4. The van der Waals surface area contributed by atoms with E-state index in [1.54, 1.807) is 0 Å². The van der Waals surface area contributed by atoms with Gasteiger partial charge in [0.1, 0.15) is 120 Å². The molecule has 0 spiro atoms. The van der Waals surface area contributed by atoms with Gasteiger partial charge in [-0.2, -0.15) is 0 Å². The summed E-state index contributed by atoms with van der Waals surface area (Å²) in [7, 11) is 1.46. The first kappa shape index (κ1) is 92.4. The number of likely N-dealkylation sites (N-methyl/N-ethyl adjacent to an activating group) is 1. The number of nitrogens with two attached hydrogens (primary N) is 2. The van der Waals surface area contributed by atoms with Gasteiger partial charge in [0.05, 0.1) is 54.0 Å². The summed E-state index contributed by atoms with van der Waals surface area (Å²) in [4.78, 5) is 120. The van der Waals surface area contributed by atoms with E-state index in [1.807, 2.05) is 44.2 Å².